The number of hydrogen-bond acceptors (Lipinski definition) is 3. The van der Waals surface area contributed by atoms with Crippen LogP contribution in [0.3, 0.4) is 0 Å². The van der Waals surface area contributed by atoms with Crippen LogP contribution in [0.15, 0.2) is 30.3 Å². The van der Waals surface area contributed by atoms with Gasteiger partial charge in [0.05, 0.1) is 6.04 Å². The van der Waals surface area contributed by atoms with E-state index in [0.29, 0.717) is 18.7 Å². The van der Waals surface area contributed by atoms with E-state index in [0.717, 1.165) is 24.9 Å². The molecule has 0 bridgehead atoms. The Morgan fingerprint density at radius 2 is 2.00 bits per heavy atom. The minimum Gasteiger partial charge on any atom is -0.299 e. The van der Waals surface area contributed by atoms with Crippen LogP contribution >= 0.6 is 0 Å². The van der Waals surface area contributed by atoms with Crippen molar-refractivity contribution in [2.75, 3.05) is 13.1 Å². The van der Waals surface area contributed by atoms with Gasteiger partial charge in [-0.25, -0.2) is 0 Å². The van der Waals surface area contributed by atoms with Crippen molar-refractivity contribution in [3.63, 3.8) is 0 Å². The summed E-state index contributed by atoms with van der Waals surface area (Å²) in [5.74, 6) is 0.629. The number of likely N-dealkylation sites (tertiary alicyclic amines) is 1. The number of carbonyl (C=O) groups is 2. The van der Waals surface area contributed by atoms with E-state index in [4.69, 9.17) is 0 Å². The van der Waals surface area contributed by atoms with Crippen LogP contribution in [0.2, 0.25) is 0 Å². The number of nitrogens with zero attached hydrogens (tertiary/aromatic N) is 1. The molecule has 0 N–H and O–H groups in total. The molecule has 20 heavy (non-hydrogen) atoms. The summed E-state index contributed by atoms with van der Waals surface area (Å²) in [6, 6.07) is 9.36. The number of ketones is 2. The quantitative estimate of drug-likeness (QED) is 0.774. The maximum Gasteiger partial charge on any atom is 0.179 e. The van der Waals surface area contributed by atoms with Gasteiger partial charge in [-0.05, 0) is 12.8 Å². The van der Waals surface area contributed by atoms with Gasteiger partial charge in [0, 0.05) is 31.0 Å². The van der Waals surface area contributed by atoms with Crippen molar-refractivity contribution in [1.29, 1.82) is 0 Å². The fraction of sp³-hybridized carbons (Fsp3) is 0.529. The number of benzene rings is 1. The summed E-state index contributed by atoms with van der Waals surface area (Å²) in [5.41, 5.74) is 0.768. The molecule has 3 heteroatoms. The number of hydrogen-bond donors (Lipinski definition) is 0. The molecule has 0 spiro atoms. The molecule has 1 aliphatic heterocycles. The predicted octanol–water partition coefficient (Wildman–Crippen LogP) is 2.95. The first-order valence-corrected chi connectivity index (χ1v) is 7.53. The molecule has 1 saturated heterocycles. The standard InChI is InChI=1S/C17H23NO2/c1-3-13-12-18(11-10-16(13)19)15(4-2)17(20)14-8-6-5-7-9-14/h5-9,13,15H,3-4,10-12H2,1-2H3. The zero-order valence-corrected chi connectivity index (χ0v) is 12.3. The highest BCUT2D eigenvalue weighted by molar-refractivity contribution is 6.00. The lowest BCUT2D eigenvalue weighted by molar-refractivity contribution is -0.126. The molecule has 0 aromatic heterocycles. The van der Waals surface area contributed by atoms with Crippen molar-refractivity contribution < 1.29 is 9.59 Å². The van der Waals surface area contributed by atoms with E-state index < -0.39 is 0 Å². The van der Waals surface area contributed by atoms with Crippen LogP contribution in [0.5, 0.6) is 0 Å². The summed E-state index contributed by atoms with van der Waals surface area (Å²) < 4.78 is 0. The van der Waals surface area contributed by atoms with Gasteiger partial charge in [-0.1, -0.05) is 44.2 Å². The first kappa shape index (κ1) is 14.9. The Balaban J connectivity index is 2.12. The van der Waals surface area contributed by atoms with Crippen LogP contribution in [0.4, 0.5) is 0 Å². The minimum absolute atomic E-state index is 0.0976. The number of piperidine rings is 1. The summed E-state index contributed by atoms with van der Waals surface area (Å²) >= 11 is 0. The molecule has 0 amide bonds. The van der Waals surface area contributed by atoms with E-state index in [2.05, 4.69) is 4.90 Å². The van der Waals surface area contributed by atoms with Gasteiger partial charge in [0.25, 0.3) is 0 Å². The lowest BCUT2D eigenvalue weighted by Gasteiger charge is -2.36. The van der Waals surface area contributed by atoms with Crippen LogP contribution in [-0.2, 0) is 4.79 Å². The van der Waals surface area contributed by atoms with Crippen LogP contribution < -0.4 is 0 Å². The highest BCUT2D eigenvalue weighted by Gasteiger charge is 2.32. The molecule has 1 heterocycles. The van der Waals surface area contributed by atoms with Gasteiger partial charge in [-0.2, -0.15) is 0 Å². The van der Waals surface area contributed by atoms with Crippen molar-refractivity contribution >= 4 is 11.6 Å². The third kappa shape index (κ3) is 3.15. The van der Waals surface area contributed by atoms with E-state index in [1.54, 1.807) is 0 Å². The zero-order valence-electron chi connectivity index (χ0n) is 12.3. The summed E-state index contributed by atoms with van der Waals surface area (Å²) in [6.45, 7) is 5.54. The number of rotatable bonds is 5. The molecule has 2 rings (SSSR count). The van der Waals surface area contributed by atoms with Gasteiger partial charge >= 0.3 is 0 Å². The molecule has 0 radical (unpaired) electrons. The van der Waals surface area contributed by atoms with E-state index in [-0.39, 0.29) is 17.7 Å². The van der Waals surface area contributed by atoms with Gasteiger partial charge in [0.1, 0.15) is 5.78 Å². The maximum atomic E-state index is 12.6. The van der Waals surface area contributed by atoms with Crippen LogP contribution in [0.1, 0.15) is 43.5 Å². The van der Waals surface area contributed by atoms with Crippen LogP contribution in [0.25, 0.3) is 0 Å². The second kappa shape index (κ2) is 6.80. The van der Waals surface area contributed by atoms with Gasteiger partial charge in [-0.3, -0.25) is 14.5 Å². The third-order valence-electron chi connectivity index (χ3n) is 4.24. The smallest absolute Gasteiger partial charge is 0.179 e. The normalized spacial score (nSPS) is 21.7. The first-order valence-electron chi connectivity index (χ1n) is 7.53. The van der Waals surface area contributed by atoms with Crippen molar-refractivity contribution in [1.82, 2.24) is 4.90 Å². The Morgan fingerprint density at radius 1 is 1.30 bits per heavy atom. The summed E-state index contributed by atoms with van der Waals surface area (Å²) in [5, 5.41) is 0. The third-order valence-corrected chi connectivity index (χ3v) is 4.24. The summed E-state index contributed by atoms with van der Waals surface area (Å²) in [4.78, 5) is 26.6. The van der Waals surface area contributed by atoms with Gasteiger partial charge in [-0.15, -0.1) is 0 Å². The molecule has 1 fully saturated rings. The Morgan fingerprint density at radius 3 is 2.60 bits per heavy atom. The van der Waals surface area contributed by atoms with Gasteiger partial charge in [0.2, 0.25) is 0 Å². The Bertz CT molecular complexity index is 469. The Hall–Kier alpha value is -1.48. The van der Waals surface area contributed by atoms with Crippen molar-refractivity contribution in [2.24, 2.45) is 5.92 Å². The molecular formula is C17H23NO2. The van der Waals surface area contributed by atoms with E-state index >= 15 is 0 Å². The predicted molar refractivity (Wildman–Crippen MR) is 79.8 cm³/mol. The van der Waals surface area contributed by atoms with E-state index in [1.807, 2.05) is 44.2 Å². The van der Waals surface area contributed by atoms with E-state index in [9.17, 15) is 9.59 Å². The van der Waals surface area contributed by atoms with Gasteiger partial charge < -0.3 is 0 Å². The average molecular weight is 273 g/mol. The SMILES string of the molecule is CCC1CN(C(CC)C(=O)c2ccccc2)CCC1=O. The number of carbonyl (C=O) groups excluding carboxylic acids is 2. The fourth-order valence-corrected chi connectivity index (χ4v) is 2.98. The molecular weight excluding hydrogens is 250 g/mol. The van der Waals surface area contributed by atoms with Crippen molar-refractivity contribution in [3.8, 4) is 0 Å². The van der Waals surface area contributed by atoms with Crippen molar-refractivity contribution in [2.45, 2.75) is 39.2 Å². The molecule has 1 aromatic carbocycles. The zero-order chi connectivity index (χ0) is 14.5. The first-order chi connectivity index (χ1) is 9.67. The van der Waals surface area contributed by atoms with Crippen LogP contribution in [0, 0.1) is 5.92 Å². The lowest BCUT2D eigenvalue weighted by atomic mass is 9.91. The summed E-state index contributed by atoms with van der Waals surface area (Å²) in [6.07, 6.45) is 2.24. The summed E-state index contributed by atoms with van der Waals surface area (Å²) in [7, 11) is 0. The van der Waals surface area contributed by atoms with Crippen LogP contribution in [-0.4, -0.2) is 35.6 Å². The molecule has 0 aliphatic carbocycles. The lowest BCUT2D eigenvalue weighted by Crippen LogP contribution is -2.49. The Labute approximate surface area is 121 Å². The molecule has 108 valence electrons. The molecule has 1 aromatic rings. The second-order valence-electron chi connectivity index (χ2n) is 5.47. The monoisotopic (exact) mass is 273 g/mol. The molecule has 3 nitrogen and oxygen atoms in total. The van der Waals surface area contributed by atoms with E-state index in [1.165, 1.54) is 0 Å². The molecule has 0 saturated carbocycles. The molecule has 2 atom stereocenters. The minimum atomic E-state index is -0.0976. The highest BCUT2D eigenvalue weighted by Crippen LogP contribution is 2.21. The highest BCUT2D eigenvalue weighted by atomic mass is 16.1. The molecule has 1 aliphatic rings. The maximum absolute atomic E-state index is 12.6. The average Bonchev–Trinajstić information content (AvgIpc) is 2.50. The topological polar surface area (TPSA) is 37.4 Å². The second-order valence-corrected chi connectivity index (χ2v) is 5.47. The van der Waals surface area contributed by atoms with Crippen molar-refractivity contribution in [3.05, 3.63) is 35.9 Å². The number of Topliss-reactive ketones (excluding diaryl/α,β-unsaturated/α-hetero) is 2. The van der Waals surface area contributed by atoms with Gasteiger partial charge in [0.15, 0.2) is 5.78 Å². The molecule has 2 unspecified atom stereocenters. The Kier molecular flexibility index (Phi) is 5.07. The fourth-order valence-electron chi connectivity index (χ4n) is 2.98. The largest absolute Gasteiger partial charge is 0.299 e.